The number of hydrogen-bond acceptors (Lipinski definition) is 2. The summed E-state index contributed by atoms with van der Waals surface area (Å²) in [4.78, 5) is 0. The first-order valence-corrected chi connectivity index (χ1v) is 5.22. The first-order chi connectivity index (χ1) is 6.68. The largest absolute Gasteiger partial charge is 0.313 e. The normalized spacial score (nSPS) is 21.6. The molecule has 1 atom stereocenters. The van der Waals surface area contributed by atoms with E-state index in [0.717, 1.165) is 6.42 Å². The number of hydroxylamine groups is 2. The van der Waals surface area contributed by atoms with Gasteiger partial charge in [0.1, 0.15) is 0 Å². The van der Waals surface area contributed by atoms with E-state index < -0.39 is 0 Å². The minimum atomic E-state index is 0.200. The molecule has 1 aromatic carbocycles. The van der Waals surface area contributed by atoms with Crippen molar-refractivity contribution in [1.29, 1.82) is 0 Å². The third-order valence-electron chi connectivity index (χ3n) is 2.80. The highest BCUT2D eigenvalue weighted by Crippen LogP contribution is 2.35. The Morgan fingerprint density at radius 1 is 1.43 bits per heavy atom. The van der Waals surface area contributed by atoms with Gasteiger partial charge >= 0.3 is 0 Å². The van der Waals surface area contributed by atoms with Crippen LogP contribution in [0.5, 0.6) is 0 Å². The van der Waals surface area contributed by atoms with Crippen molar-refractivity contribution in [2.45, 2.75) is 32.9 Å². The van der Waals surface area contributed by atoms with Gasteiger partial charge in [-0.1, -0.05) is 38.1 Å². The molecule has 1 aromatic rings. The molecular formula is C12H17NO. The van der Waals surface area contributed by atoms with Crippen molar-refractivity contribution >= 4 is 0 Å². The van der Waals surface area contributed by atoms with Crippen molar-refractivity contribution in [3.8, 4) is 0 Å². The van der Waals surface area contributed by atoms with E-state index in [0.29, 0.717) is 12.5 Å². The Bertz CT molecular complexity index is 322. The minimum Gasteiger partial charge on any atom is -0.313 e. The van der Waals surface area contributed by atoms with Crippen LogP contribution >= 0.6 is 0 Å². The van der Waals surface area contributed by atoms with E-state index in [1.807, 2.05) is 12.1 Å². The van der Waals surface area contributed by atoms with Crippen molar-refractivity contribution < 1.29 is 5.21 Å². The zero-order valence-corrected chi connectivity index (χ0v) is 8.77. The topological polar surface area (TPSA) is 23.5 Å². The molecule has 0 spiro atoms. The van der Waals surface area contributed by atoms with E-state index >= 15 is 0 Å². The predicted octanol–water partition coefficient (Wildman–Crippen LogP) is 2.98. The molecule has 1 aliphatic heterocycles. The molecule has 2 rings (SSSR count). The highest BCUT2D eigenvalue weighted by atomic mass is 16.5. The van der Waals surface area contributed by atoms with Gasteiger partial charge in [0.05, 0.1) is 6.04 Å². The maximum absolute atomic E-state index is 9.79. The number of benzene rings is 1. The molecular weight excluding hydrogens is 174 g/mol. The van der Waals surface area contributed by atoms with Gasteiger partial charge < -0.3 is 5.21 Å². The second-order valence-corrected chi connectivity index (χ2v) is 4.44. The average Bonchev–Trinajstić information content (AvgIpc) is 2.43. The molecule has 0 radical (unpaired) electrons. The Kier molecular flexibility index (Phi) is 2.57. The fourth-order valence-corrected chi connectivity index (χ4v) is 2.14. The summed E-state index contributed by atoms with van der Waals surface area (Å²) in [5.74, 6) is 0.612. The minimum absolute atomic E-state index is 0.200. The van der Waals surface area contributed by atoms with E-state index in [-0.39, 0.29) is 6.04 Å². The van der Waals surface area contributed by atoms with Crippen LogP contribution in [0.1, 0.15) is 37.4 Å². The van der Waals surface area contributed by atoms with Crippen LogP contribution in [-0.2, 0) is 6.54 Å². The highest BCUT2D eigenvalue weighted by molar-refractivity contribution is 5.33. The molecule has 76 valence electrons. The van der Waals surface area contributed by atoms with E-state index in [4.69, 9.17) is 0 Å². The maximum Gasteiger partial charge on any atom is 0.0608 e. The highest BCUT2D eigenvalue weighted by Gasteiger charge is 2.28. The number of nitrogens with zero attached hydrogens (tertiary/aromatic N) is 1. The van der Waals surface area contributed by atoms with Crippen molar-refractivity contribution in [3.05, 3.63) is 35.4 Å². The molecule has 2 heteroatoms. The Labute approximate surface area is 85.1 Å². The first-order valence-electron chi connectivity index (χ1n) is 5.22. The van der Waals surface area contributed by atoms with Gasteiger partial charge in [0.25, 0.3) is 0 Å². The zero-order chi connectivity index (χ0) is 10.1. The van der Waals surface area contributed by atoms with Crippen LogP contribution in [0.25, 0.3) is 0 Å². The summed E-state index contributed by atoms with van der Waals surface area (Å²) >= 11 is 0. The number of hydrogen-bond donors (Lipinski definition) is 1. The fraction of sp³-hybridized carbons (Fsp3) is 0.500. The van der Waals surface area contributed by atoms with Gasteiger partial charge in [-0.25, -0.2) is 0 Å². The monoisotopic (exact) mass is 191 g/mol. The fourth-order valence-electron chi connectivity index (χ4n) is 2.14. The molecule has 0 aliphatic carbocycles. The molecule has 0 saturated heterocycles. The molecule has 0 saturated carbocycles. The standard InChI is InChI=1S/C12H17NO/c1-9(2)7-12-11-6-4-3-5-10(11)8-13(12)14/h3-6,9,12,14H,7-8H2,1-2H3. The lowest BCUT2D eigenvalue weighted by Gasteiger charge is -2.20. The summed E-state index contributed by atoms with van der Waals surface area (Å²) in [5.41, 5.74) is 2.56. The molecule has 0 bridgehead atoms. The molecule has 1 N–H and O–H groups in total. The van der Waals surface area contributed by atoms with Crippen molar-refractivity contribution in [2.75, 3.05) is 0 Å². The van der Waals surface area contributed by atoms with Crippen molar-refractivity contribution in [3.63, 3.8) is 0 Å². The summed E-state index contributed by atoms with van der Waals surface area (Å²) in [6, 6.07) is 8.50. The lowest BCUT2D eigenvalue weighted by Crippen LogP contribution is -2.18. The Balaban J connectivity index is 2.25. The third-order valence-corrected chi connectivity index (χ3v) is 2.80. The lowest BCUT2D eigenvalue weighted by atomic mass is 9.97. The Hall–Kier alpha value is -0.860. The van der Waals surface area contributed by atoms with E-state index in [1.54, 1.807) is 0 Å². The van der Waals surface area contributed by atoms with Gasteiger partial charge in [-0.05, 0) is 23.5 Å². The van der Waals surface area contributed by atoms with Crippen LogP contribution in [0.3, 0.4) is 0 Å². The molecule has 1 heterocycles. The molecule has 1 aliphatic rings. The van der Waals surface area contributed by atoms with Crippen LogP contribution in [0, 0.1) is 5.92 Å². The lowest BCUT2D eigenvalue weighted by molar-refractivity contribution is -0.129. The van der Waals surface area contributed by atoms with Gasteiger partial charge in [0, 0.05) is 6.54 Å². The van der Waals surface area contributed by atoms with Gasteiger partial charge in [0.15, 0.2) is 0 Å². The summed E-state index contributed by atoms with van der Waals surface area (Å²) < 4.78 is 0. The summed E-state index contributed by atoms with van der Waals surface area (Å²) in [5, 5.41) is 11.3. The SMILES string of the molecule is CC(C)CC1c2ccccc2CN1O. The van der Waals surface area contributed by atoms with E-state index in [2.05, 4.69) is 26.0 Å². The van der Waals surface area contributed by atoms with Crippen LogP contribution in [-0.4, -0.2) is 10.3 Å². The molecule has 0 fully saturated rings. The second-order valence-electron chi connectivity index (χ2n) is 4.44. The quantitative estimate of drug-likeness (QED) is 0.776. The molecule has 1 unspecified atom stereocenters. The Morgan fingerprint density at radius 3 is 2.86 bits per heavy atom. The smallest absolute Gasteiger partial charge is 0.0608 e. The third kappa shape index (κ3) is 1.68. The molecule has 14 heavy (non-hydrogen) atoms. The number of rotatable bonds is 2. The van der Waals surface area contributed by atoms with Gasteiger partial charge in [-0.15, -0.1) is 0 Å². The van der Waals surface area contributed by atoms with Crippen molar-refractivity contribution in [2.24, 2.45) is 5.92 Å². The maximum atomic E-state index is 9.79. The van der Waals surface area contributed by atoms with Crippen LogP contribution in [0.15, 0.2) is 24.3 Å². The summed E-state index contributed by atoms with van der Waals surface area (Å²) in [6.45, 7) is 5.05. The molecule has 0 amide bonds. The summed E-state index contributed by atoms with van der Waals surface area (Å²) in [6.07, 6.45) is 1.02. The van der Waals surface area contributed by atoms with Gasteiger partial charge in [0.2, 0.25) is 0 Å². The Morgan fingerprint density at radius 2 is 2.14 bits per heavy atom. The number of fused-ring (bicyclic) bond motifs is 1. The molecule has 2 nitrogen and oxygen atoms in total. The van der Waals surface area contributed by atoms with Crippen molar-refractivity contribution in [1.82, 2.24) is 5.06 Å². The molecule has 0 aromatic heterocycles. The van der Waals surface area contributed by atoms with Crippen LogP contribution in [0.4, 0.5) is 0 Å². The van der Waals surface area contributed by atoms with E-state index in [1.165, 1.54) is 16.2 Å². The van der Waals surface area contributed by atoms with Gasteiger partial charge in [-0.3, -0.25) is 0 Å². The van der Waals surface area contributed by atoms with Crippen LogP contribution in [0.2, 0.25) is 0 Å². The zero-order valence-electron chi connectivity index (χ0n) is 8.77. The van der Waals surface area contributed by atoms with Crippen LogP contribution < -0.4 is 0 Å². The second kappa shape index (κ2) is 3.71. The first kappa shape index (κ1) is 9.69. The van der Waals surface area contributed by atoms with Gasteiger partial charge in [-0.2, -0.15) is 5.06 Å². The van der Waals surface area contributed by atoms with E-state index in [9.17, 15) is 5.21 Å². The summed E-state index contributed by atoms with van der Waals surface area (Å²) in [7, 11) is 0. The predicted molar refractivity (Wildman–Crippen MR) is 56.0 cm³/mol. The average molecular weight is 191 g/mol.